The number of hydrogen-bond acceptors (Lipinski definition) is 2. The first kappa shape index (κ1) is 8.33. The lowest BCUT2D eigenvalue weighted by Crippen LogP contribution is -2.42. The van der Waals surface area contributed by atoms with Gasteiger partial charge in [0, 0.05) is 12.4 Å². The maximum Gasteiger partial charge on any atom is 0.108 e. The molecule has 3 nitrogen and oxygen atoms in total. The van der Waals surface area contributed by atoms with E-state index in [-0.39, 0.29) is 5.54 Å². The summed E-state index contributed by atoms with van der Waals surface area (Å²) in [5.41, 5.74) is -0.137. The van der Waals surface area contributed by atoms with Gasteiger partial charge in [0.1, 0.15) is 5.54 Å². The van der Waals surface area contributed by atoms with Crippen molar-refractivity contribution >= 4 is 0 Å². The first-order valence-corrected chi connectivity index (χ1v) is 4.54. The zero-order valence-electron chi connectivity index (χ0n) is 7.53. The number of hydrogen-bond donors (Lipinski definition) is 1. The Labute approximate surface area is 78.2 Å². The Morgan fingerprint density at radius 1 is 1.46 bits per heavy atom. The fourth-order valence-electron chi connectivity index (χ4n) is 1.83. The van der Waals surface area contributed by atoms with Crippen molar-refractivity contribution in [2.24, 2.45) is 0 Å². The number of aromatic nitrogens is 2. The molecule has 1 aromatic heterocycles. The Morgan fingerprint density at radius 3 is 2.77 bits per heavy atom. The molecule has 0 radical (unpaired) electrons. The molecule has 1 aliphatic rings. The van der Waals surface area contributed by atoms with Crippen molar-refractivity contribution in [1.29, 1.82) is 0 Å². The fourth-order valence-corrected chi connectivity index (χ4v) is 1.83. The maximum absolute atomic E-state index is 5.60. The van der Waals surface area contributed by atoms with Gasteiger partial charge in [-0.05, 0) is 25.9 Å². The van der Waals surface area contributed by atoms with Crippen molar-refractivity contribution in [3.05, 3.63) is 18.7 Å². The zero-order valence-corrected chi connectivity index (χ0v) is 7.53. The molecule has 0 atom stereocenters. The highest BCUT2D eigenvalue weighted by molar-refractivity contribution is 5.13. The van der Waals surface area contributed by atoms with Crippen LogP contribution in [0.25, 0.3) is 0 Å². The SMILES string of the molecule is C#CC1(n2ccnc2)CCNCC1. The standard InChI is InChI=1S/C10H13N3/c1-2-10(3-5-11-6-4-10)13-8-7-12-9-13/h1,7-9,11H,3-6H2. The minimum atomic E-state index is -0.137. The van der Waals surface area contributed by atoms with Crippen LogP contribution < -0.4 is 5.32 Å². The number of imidazole rings is 1. The van der Waals surface area contributed by atoms with Gasteiger partial charge in [0.25, 0.3) is 0 Å². The van der Waals surface area contributed by atoms with Gasteiger partial charge in [0.2, 0.25) is 0 Å². The number of rotatable bonds is 1. The van der Waals surface area contributed by atoms with E-state index in [1.54, 1.807) is 6.20 Å². The van der Waals surface area contributed by atoms with Crippen LogP contribution in [-0.4, -0.2) is 22.6 Å². The van der Waals surface area contributed by atoms with Crippen molar-refractivity contribution in [3.8, 4) is 12.3 Å². The van der Waals surface area contributed by atoms with E-state index in [1.165, 1.54) is 0 Å². The molecule has 0 amide bonds. The Morgan fingerprint density at radius 2 is 2.23 bits per heavy atom. The number of nitrogens with zero attached hydrogens (tertiary/aromatic N) is 2. The third-order valence-corrected chi connectivity index (χ3v) is 2.70. The summed E-state index contributed by atoms with van der Waals surface area (Å²) in [5.74, 6) is 2.90. The molecule has 68 valence electrons. The van der Waals surface area contributed by atoms with Crippen molar-refractivity contribution in [2.45, 2.75) is 18.4 Å². The van der Waals surface area contributed by atoms with E-state index < -0.39 is 0 Å². The van der Waals surface area contributed by atoms with Crippen molar-refractivity contribution in [1.82, 2.24) is 14.9 Å². The van der Waals surface area contributed by atoms with Crippen molar-refractivity contribution in [3.63, 3.8) is 0 Å². The molecule has 2 heterocycles. The van der Waals surface area contributed by atoms with Gasteiger partial charge in [-0.25, -0.2) is 4.98 Å². The molecule has 2 rings (SSSR count). The molecule has 1 fully saturated rings. The van der Waals surface area contributed by atoms with E-state index in [4.69, 9.17) is 6.42 Å². The number of piperidine rings is 1. The lowest BCUT2D eigenvalue weighted by molar-refractivity contribution is 0.283. The molecule has 1 saturated heterocycles. The molecule has 13 heavy (non-hydrogen) atoms. The maximum atomic E-state index is 5.60. The summed E-state index contributed by atoms with van der Waals surface area (Å²) >= 11 is 0. The average Bonchev–Trinajstić information content (AvgIpc) is 2.72. The van der Waals surface area contributed by atoms with E-state index in [2.05, 4.69) is 16.2 Å². The van der Waals surface area contributed by atoms with E-state index >= 15 is 0 Å². The third-order valence-electron chi connectivity index (χ3n) is 2.70. The molecule has 0 spiro atoms. The average molecular weight is 175 g/mol. The van der Waals surface area contributed by atoms with Crippen LogP contribution >= 0.6 is 0 Å². The molecular formula is C10H13N3. The first-order valence-electron chi connectivity index (χ1n) is 4.54. The second kappa shape index (κ2) is 3.23. The van der Waals surface area contributed by atoms with E-state index in [1.807, 2.05) is 17.1 Å². The van der Waals surface area contributed by atoms with Crippen LogP contribution in [0.4, 0.5) is 0 Å². The Kier molecular flexibility index (Phi) is 2.07. The van der Waals surface area contributed by atoms with Crippen LogP contribution in [0.2, 0.25) is 0 Å². The summed E-state index contributed by atoms with van der Waals surface area (Å²) < 4.78 is 2.05. The normalized spacial score (nSPS) is 20.8. The fraction of sp³-hybridized carbons (Fsp3) is 0.500. The topological polar surface area (TPSA) is 29.9 Å². The quantitative estimate of drug-likeness (QED) is 0.633. The predicted molar refractivity (Wildman–Crippen MR) is 51.1 cm³/mol. The summed E-state index contributed by atoms with van der Waals surface area (Å²) in [6, 6.07) is 0. The van der Waals surface area contributed by atoms with Crippen LogP contribution in [0.15, 0.2) is 18.7 Å². The monoisotopic (exact) mass is 175 g/mol. The molecule has 0 unspecified atom stereocenters. The highest BCUT2D eigenvalue weighted by Crippen LogP contribution is 2.25. The third kappa shape index (κ3) is 1.34. The number of terminal acetylenes is 1. The van der Waals surface area contributed by atoms with Crippen LogP contribution in [0, 0.1) is 12.3 Å². The molecule has 1 aliphatic heterocycles. The highest BCUT2D eigenvalue weighted by atomic mass is 15.1. The first-order chi connectivity index (χ1) is 6.37. The smallest absolute Gasteiger partial charge is 0.108 e. The number of nitrogens with one attached hydrogen (secondary N) is 1. The summed E-state index contributed by atoms with van der Waals surface area (Å²) in [6.07, 6.45) is 13.1. The van der Waals surface area contributed by atoms with Gasteiger partial charge in [-0.2, -0.15) is 0 Å². The Balaban J connectivity index is 2.30. The molecule has 1 N–H and O–H groups in total. The second-order valence-electron chi connectivity index (χ2n) is 3.40. The lowest BCUT2D eigenvalue weighted by Gasteiger charge is -2.34. The van der Waals surface area contributed by atoms with Gasteiger partial charge < -0.3 is 9.88 Å². The predicted octanol–water partition coefficient (Wildman–Crippen LogP) is 0.595. The summed E-state index contributed by atoms with van der Waals surface area (Å²) in [4.78, 5) is 4.04. The molecule has 0 aromatic carbocycles. The Bertz CT molecular complexity index is 301. The van der Waals surface area contributed by atoms with E-state index in [0.717, 1.165) is 25.9 Å². The van der Waals surface area contributed by atoms with Gasteiger partial charge in [0.15, 0.2) is 0 Å². The molecule has 3 heteroatoms. The summed E-state index contributed by atoms with van der Waals surface area (Å²) in [5, 5.41) is 3.31. The second-order valence-corrected chi connectivity index (χ2v) is 3.40. The van der Waals surface area contributed by atoms with Gasteiger partial charge in [-0.15, -0.1) is 6.42 Å². The molecule has 0 saturated carbocycles. The largest absolute Gasteiger partial charge is 0.320 e. The summed E-state index contributed by atoms with van der Waals surface area (Å²) in [7, 11) is 0. The van der Waals surface area contributed by atoms with Gasteiger partial charge in [-0.1, -0.05) is 5.92 Å². The van der Waals surface area contributed by atoms with E-state index in [9.17, 15) is 0 Å². The molecule has 0 bridgehead atoms. The zero-order chi connectivity index (χ0) is 9.15. The van der Waals surface area contributed by atoms with Crippen LogP contribution in [0.5, 0.6) is 0 Å². The van der Waals surface area contributed by atoms with Crippen LogP contribution in [0.1, 0.15) is 12.8 Å². The van der Waals surface area contributed by atoms with Gasteiger partial charge in [-0.3, -0.25) is 0 Å². The minimum Gasteiger partial charge on any atom is -0.320 e. The molecule has 1 aromatic rings. The van der Waals surface area contributed by atoms with Crippen LogP contribution in [-0.2, 0) is 5.54 Å². The van der Waals surface area contributed by atoms with Crippen molar-refractivity contribution in [2.75, 3.05) is 13.1 Å². The highest BCUT2D eigenvalue weighted by Gasteiger charge is 2.30. The van der Waals surface area contributed by atoms with E-state index in [0.29, 0.717) is 0 Å². The van der Waals surface area contributed by atoms with Crippen LogP contribution in [0.3, 0.4) is 0 Å². The van der Waals surface area contributed by atoms with Gasteiger partial charge >= 0.3 is 0 Å². The molecular weight excluding hydrogens is 162 g/mol. The Hall–Kier alpha value is -1.27. The minimum absolute atomic E-state index is 0.137. The van der Waals surface area contributed by atoms with Crippen molar-refractivity contribution < 1.29 is 0 Å². The summed E-state index contributed by atoms with van der Waals surface area (Å²) in [6.45, 7) is 1.98. The van der Waals surface area contributed by atoms with Gasteiger partial charge in [0.05, 0.1) is 6.33 Å². The molecule has 0 aliphatic carbocycles. The lowest BCUT2D eigenvalue weighted by atomic mass is 9.89.